The van der Waals surface area contributed by atoms with E-state index in [9.17, 15) is 4.79 Å². The van der Waals surface area contributed by atoms with Crippen molar-refractivity contribution in [1.82, 2.24) is 24.2 Å². The number of rotatable bonds is 7. The summed E-state index contributed by atoms with van der Waals surface area (Å²) in [6.07, 6.45) is 5.08. The fourth-order valence-corrected chi connectivity index (χ4v) is 4.96. The number of hydrogen-bond acceptors (Lipinski definition) is 5. The molecule has 0 atom stereocenters. The average Bonchev–Trinajstić information content (AvgIpc) is 3.13. The van der Waals surface area contributed by atoms with Crippen LogP contribution in [0.1, 0.15) is 45.6 Å². The Labute approximate surface area is 200 Å². The fourth-order valence-electron chi connectivity index (χ4n) is 4.96. The van der Waals surface area contributed by atoms with Crippen LogP contribution in [0, 0.1) is 0 Å². The van der Waals surface area contributed by atoms with Crippen molar-refractivity contribution in [3.63, 3.8) is 0 Å². The lowest BCUT2D eigenvalue weighted by atomic mass is 10.0. The van der Waals surface area contributed by atoms with Gasteiger partial charge in [-0.15, -0.1) is 10.2 Å². The molecule has 0 saturated carbocycles. The summed E-state index contributed by atoms with van der Waals surface area (Å²) in [5.74, 6) is 0.896. The number of nitrogens with zero attached hydrogens (tertiary/aromatic N) is 5. The molecule has 0 N–H and O–H groups in total. The van der Waals surface area contributed by atoms with Crippen molar-refractivity contribution in [2.75, 3.05) is 26.2 Å². The zero-order valence-corrected chi connectivity index (χ0v) is 20.3. The summed E-state index contributed by atoms with van der Waals surface area (Å²) in [5, 5.41) is 9.62. The molecule has 0 spiro atoms. The molecule has 2 aromatic heterocycles. The van der Waals surface area contributed by atoms with Crippen molar-refractivity contribution in [3.05, 3.63) is 52.9 Å². The molecule has 1 aliphatic heterocycles. The molecule has 1 saturated heterocycles. The van der Waals surface area contributed by atoms with E-state index in [1.165, 1.54) is 32.4 Å². The number of fused-ring (bicyclic) bond motifs is 3. The molecule has 2 aromatic carbocycles. The van der Waals surface area contributed by atoms with Gasteiger partial charge in [0.05, 0.1) is 12.1 Å². The highest BCUT2D eigenvalue weighted by Crippen LogP contribution is 2.29. The molecule has 1 fully saturated rings. The maximum absolute atomic E-state index is 12.8. The van der Waals surface area contributed by atoms with Crippen molar-refractivity contribution in [3.8, 4) is 16.9 Å². The summed E-state index contributed by atoms with van der Waals surface area (Å²) in [6, 6.07) is 14.4. The van der Waals surface area contributed by atoms with Crippen molar-refractivity contribution in [2.24, 2.45) is 7.05 Å². The number of ether oxygens (including phenoxy) is 1. The van der Waals surface area contributed by atoms with Crippen molar-refractivity contribution in [1.29, 1.82) is 0 Å². The number of piperidine rings is 1. The van der Waals surface area contributed by atoms with E-state index in [2.05, 4.69) is 39.4 Å². The molecule has 0 amide bonds. The molecule has 0 radical (unpaired) electrons. The van der Waals surface area contributed by atoms with Gasteiger partial charge in [-0.1, -0.05) is 24.6 Å². The third-order valence-electron chi connectivity index (χ3n) is 6.81. The van der Waals surface area contributed by atoms with E-state index in [1.54, 1.807) is 16.2 Å². The molecular formula is C27H33N5O2. The molecule has 34 heavy (non-hydrogen) atoms. The summed E-state index contributed by atoms with van der Waals surface area (Å²) >= 11 is 0. The van der Waals surface area contributed by atoms with Crippen molar-refractivity contribution >= 4 is 22.1 Å². The first-order chi connectivity index (χ1) is 16.5. The van der Waals surface area contributed by atoms with Gasteiger partial charge in [-0.2, -0.15) is 0 Å². The number of aromatic nitrogens is 4. The molecular weight excluding hydrogens is 426 g/mol. The lowest BCUT2D eigenvalue weighted by Gasteiger charge is -2.26. The first-order valence-corrected chi connectivity index (χ1v) is 12.4. The Morgan fingerprint density at radius 2 is 1.71 bits per heavy atom. The van der Waals surface area contributed by atoms with Gasteiger partial charge in [0.2, 0.25) is 0 Å². The molecule has 3 heterocycles. The second kappa shape index (κ2) is 9.58. The van der Waals surface area contributed by atoms with E-state index in [0.717, 1.165) is 52.9 Å². The third-order valence-corrected chi connectivity index (χ3v) is 6.81. The monoisotopic (exact) mass is 459 g/mol. The highest BCUT2D eigenvalue weighted by atomic mass is 16.5. The number of benzene rings is 2. The SMILES string of the molecule is CC(C)n1c(=O)n(C)c2nnc3ccc(-c4ccc(OCCCN5CCCCC5)cc4)cc3c21. The molecule has 0 unspecified atom stereocenters. The minimum atomic E-state index is -0.0704. The van der Waals surface area contributed by atoms with Gasteiger partial charge >= 0.3 is 5.69 Å². The summed E-state index contributed by atoms with van der Waals surface area (Å²) in [4.78, 5) is 15.3. The van der Waals surface area contributed by atoms with E-state index in [-0.39, 0.29) is 11.7 Å². The summed E-state index contributed by atoms with van der Waals surface area (Å²) < 4.78 is 9.37. The average molecular weight is 460 g/mol. The van der Waals surface area contributed by atoms with Crippen LogP contribution in [-0.2, 0) is 7.05 Å². The Morgan fingerprint density at radius 1 is 0.971 bits per heavy atom. The van der Waals surface area contributed by atoms with E-state index in [1.807, 2.05) is 32.0 Å². The highest BCUT2D eigenvalue weighted by Gasteiger charge is 2.18. The smallest absolute Gasteiger partial charge is 0.330 e. The second-order valence-electron chi connectivity index (χ2n) is 9.54. The zero-order chi connectivity index (χ0) is 23.7. The number of likely N-dealkylation sites (tertiary alicyclic amines) is 1. The summed E-state index contributed by atoms with van der Waals surface area (Å²) in [6.45, 7) is 8.35. The maximum atomic E-state index is 12.8. The lowest BCUT2D eigenvalue weighted by molar-refractivity contribution is 0.205. The molecule has 4 aromatic rings. The fraction of sp³-hybridized carbons (Fsp3) is 0.444. The van der Waals surface area contributed by atoms with Crippen LogP contribution in [0.5, 0.6) is 5.75 Å². The quantitative estimate of drug-likeness (QED) is 0.372. The standard InChI is InChI=1S/C27H33N5O2/c1-19(2)32-25-23-18-21(10-13-24(23)28-29-26(25)30(3)27(32)33)20-8-11-22(12-9-20)34-17-7-16-31-14-5-4-6-15-31/h8-13,18-19H,4-7,14-17H2,1-3H3. The van der Waals surface area contributed by atoms with E-state index >= 15 is 0 Å². The Bertz CT molecular complexity index is 1350. The van der Waals surface area contributed by atoms with Gasteiger partial charge in [0, 0.05) is 25.0 Å². The Hall–Kier alpha value is -3.19. The molecule has 1 aliphatic rings. The number of aryl methyl sites for hydroxylation is 1. The number of hydrogen-bond donors (Lipinski definition) is 0. The van der Waals surface area contributed by atoms with Gasteiger partial charge in [-0.05, 0) is 81.6 Å². The van der Waals surface area contributed by atoms with Crippen LogP contribution in [0.4, 0.5) is 0 Å². The van der Waals surface area contributed by atoms with Gasteiger partial charge in [0.1, 0.15) is 11.3 Å². The lowest BCUT2D eigenvalue weighted by Crippen LogP contribution is -2.31. The van der Waals surface area contributed by atoms with E-state index < -0.39 is 0 Å². The van der Waals surface area contributed by atoms with Crippen molar-refractivity contribution in [2.45, 2.75) is 45.6 Å². The van der Waals surface area contributed by atoms with Crippen LogP contribution in [0.2, 0.25) is 0 Å². The molecule has 7 nitrogen and oxygen atoms in total. The minimum absolute atomic E-state index is 0.0265. The largest absolute Gasteiger partial charge is 0.494 e. The Morgan fingerprint density at radius 3 is 2.44 bits per heavy atom. The maximum Gasteiger partial charge on any atom is 0.330 e. The molecule has 5 rings (SSSR count). The highest BCUT2D eigenvalue weighted by molar-refractivity contribution is 6.02. The van der Waals surface area contributed by atoms with Crippen LogP contribution in [0.3, 0.4) is 0 Å². The minimum Gasteiger partial charge on any atom is -0.494 e. The van der Waals surface area contributed by atoms with E-state index in [4.69, 9.17) is 4.74 Å². The van der Waals surface area contributed by atoms with Gasteiger partial charge < -0.3 is 9.64 Å². The number of imidazole rings is 1. The van der Waals surface area contributed by atoms with Crippen LogP contribution in [-0.4, -0.2) is 50.5 Å². The zero-order valence-electron chi connectivity index (χ0n) is 20.3. The van der Waals surface area contributed by atoms with Crippen LogP contribution in [0.25, 0.3) is 33.2 Å². The van der Waals surface area contributed by atoms with Crippen molar-refractivity contribution < 1.29 is 4.74 Å². The van der Waals surface area contributed by atoms with Gasteiger partial charge in [-0.25, -0.2) is 4.79 Å². The topological polar surface area (TPSA) is 65.2 Å². The first-order valence-electron chi connectivity index (χ1n) is 12.4. The summed E-state index contributed by atoms with van der Waals surface area (Å²) in [5.41, 5.74) is 4.33. The van der Waals surface area contributed by atoms with Gasteiger partial charge in [0.15, 0.2) is 5.65 Å². The summed E-state index contributed by atoms with van der Waals surface area (Å²) in [7, 11) is 1.75. The molecule has 0 bridgehead atoms. The Balaban J connectivity index is 1.36. The molecule has 178 valence electrons. The first kappa shape index (κ1) is 22.6. The van der Waals surface area contributed by atoms with Crippen LogP contribution < -0.4 is 10.4 Å². The van der Waals surface area contributed by atoms with Gasteiger partial charge in [0.25, 0.3) is 0 Å². The molecule has 7 heteroatoms. The van der Waals surface area contributed by atoms with Gasteiger partial charge in [-0.3, -0.25) is 9.13 Å². The van der Waals surface area contributed by atoms with Crippen LogP contribution in [0.15, 0.2) is 47.3 Å². The Kier molecular flexibility index (Phi) is 6.37. The van der Waals surface area contributed by atoms with E-state index in [0.29, 0.717) is 5.65 Å². The molecule has 0 aliphatic carbocycles. The second-order valence-corrected chi connectivity index (χ2v) is 9.54. The third kappa shape index (κ3) is 4.32. The predicted molar refractivity (Wildman–Crippen MR) is 136 cm³/mol. The normalized spacial score (nSPS) is 14.9. The van der Waals surface area contributed by atoms with Crippen LogP contribution >= 0.6 is 0 Å². The predicted octanol–water partition coefficient (Wildman–Crippen LogP) is 4.79.